The molecule has 5 saturated carbocycles. The van der Waals surface area contributed by atoms with Crippen LogP contribution in [0.25, 0.3) is 0 Å². The van der Waals surface area contributed by atoms with Crippen molar-refractivity contribution in [3.63, 3.8) is 0 Å². The summed E-state index contributed by atoms with van der Waals surface area (Å²) in [7, 11) is 0. The number of nitrogens with zero attached hydrogens (tertiary/aromatic N) is 1. The number of aliphatic hydroxyl groups excluding tert-OH is 1. The highest BCUT2D eigenvalue weighted by atomic mass is 16.5. The van der Waals surface area contributed by atoms with E-state index in [1.165, 1.54) is 69.9 Å². The number of fused-ring (bicyclic) bond motifs is 6. The van der Waals surface area contributed by atoms with Gasteiger partial charge in [-0.1, -0.05) is 55.8 Å². The zero-order valence-corrected chi connectivity index (χ0v) is 26.5. The monoisotopic (exact) mass is 587 g/mol. The third-order valence-corrected chi connectivity index (χ3v) is 15.0. The van der Waals surface area contributed by atoms with E-state index in [4.69, 9.17) is 14.2 Å². The molecule has 1 N–H and O–H groups in total. The number of hydrogen-bond donors (Lipinski definition) is 1. The Hall–Kier alpha value is -1.24. The van der Waals surface area contributed by atoms with Gasteiger partial charge in [-0.25, -0.2) is 0 Å². The lowest BCUT2D eigenvalue weighted by Crippen LogP contribution is -2.64. The van der Waals surface area contributed by atoms with Gasteiger partial charge in [0.15, 0.2) is 0 Å². The van der Waals surface area contributed by atoms with Gasteiger partial charge < -0.3 is 19.3 Å². The fourth-order valence-electron chi connectivity index (χ4n) is 13.4. The van der Waals surface area contributed by atoms with Gasteiger partial charge in [0, 0.05) is 30.5 Å². The van der Waals surface area contributed by atoms with Gasteiger partial charge in [-0.05, 0) is 104 Å². The third kappa shape index (κ3) is 3.81. The van der Waals surface area contributed by atoms with Crippen LogP contribution in [0.4, 0.5) is 0 Å². The van der Waals surface area contributed by atoms with Crippen LogP contribution in [0.15, 0.2) is 42.0 Å². The summed E-state index contributed by atoms with van der Waals surface area (Å²) >= 11 is 0. The van der Waals surface area contributed by atoms with E-state index in [1.54, 1.807) is 5.57 Å². The van der Waals surface area contributed by atoms with Crippen LogP contribution in [0.5, 0.6) is 0 Å². The minimum atomic E-state index is -0.205. The van der Waals surface area contributed by atoms with Crippen LogP contribution in [-0.2, 0) is 20.8 Å². The third-order valence-electron chi connectivity index (χ3n) is 15.0. The van der Waals surface area contributed by atoms with Crippen molar-refractivity contribution in [2.75, 3.05) is 32.9 Å². The molecule has 2 aliphatic heterocycles. The Balaban J connectivity index is 0.862. The predicted molar refractivity (Wildman–Crippen MR) is 166 cm³/mol. The summed E-state index contributed by atoms with van der Waals surface area (Å²) < 4.78 is 19.4. The van der Waals surface area contributed by atoms with Crippen molar-refractivity contribution in [3.05, 3.63) is 47.5 Å². The number of rotatable bonds is 8. The van der Waals surface area contributed by atoms with Crippen molar-refractivity contribution in [3.8, 4) is 0 Å². The second kappa shape index (κ2) is 9.88. The fourth-order valence-corrected chi connectivity index (χ4v) is 13.4. The maximum absolute atomic E-state index is 10.4. The number of allylic oxidation sites excluding steroid dienone is 1. The lowest BCUT2D eigenvalue weighted by Gasteiger charge is -2.60. The van der Waals surface area contributed by atoms with Crippen LogP contribution in [0.2, 0.25) is 0 Å². The van der Waals surface area contributed by atoms with Gasteiger partial charge in [-0.3, -0.25) is 4.90 Å². The number of hydrogen-bond acceptors (Lipinski definition) is 5. The molecule has 7 fully saturated rings. The molecule has 9 rings (SSSR count). The van der Waals surface area contributed by atoms with E-state index in [0.717, 1.165) is 43.2 Å². The molecular formula is C38H53NO4. The van der Waals surface area contributed by atoms with Crippen molar-refractivity contribution in [1.82, 2.24) is 4.90 Å². The smallest absolute Gasteiger partial charge is 0.0793 e. The average molecular weight is 588 g/mol. The topological polar surface area (TPSA) is 51.2 Å². The van der Waals surface area contributed by atoms with Gasteiger partial charge >= 0.3 is 0 Å². The molecule has 234 valence electrons. The van der Waals surface area contributed by atoms with Gasteiger partial charge in [0.1, 0.15) is 0 Å². The zero-order valence-electron chi connectivity index (χ0n) is 26.5. The number of likely N-dealkylation sites (tertiary alicyclic amines) is 1. The van der Waals surface area contributed by atoms with Crippen LogP contribution >= 0.6 is 0 Å². The molecule has 5 nitrogen and oxygen atoms in total. The molecule has 3 spiro atoms. The zero-order chi connectivity index (χ0) is 29.0. The summed E-state index contributed by atoms with van der Waals surface area (Å²) in [4.78, 5) is 2.79. The van der Waals surface area contributed by atoms with Crippen molar-refractivity contribution in [1.29, 1.82) is 0 Å². The van der Waals surface area contributed by atoms with E-state index in [0.29, 0.717) is 54.1 Å². The van der Waals surface area contributed by atoms with Gasteiger partial charge in [0.25, 0.3) is 0 Å². The Morgan fingerprint density at radius 3 is 2.72 bits per heavy atom. The lowest BCUT2D eigenvalue weighted by molar-refractivity contribution is -0.211. The van der Waals surface area contributed by atoms with Crippen molar-refractivity contribution >= 4 is 0 Å². The summed E-state index contributed by atoms with van der Waals surface area (Å²) in [6.45, 7) is 9.98. The summed E-state index contributed by atoms with van der Waals surface area (Å²) in [6, 6.07) is 11.0. The maximum Gasteiger partial charge on any atom is 0.0793 e. The molecule has 0 aromatic heterocycles. The van der Waals surface area contributed by atoms with E-state index < -0.39 is 0 Å². The van der Waals surface area contributed by atoms with E-state index in [-0.39, 0.29) is 11.7 Å². The van der Waals surface area contributed by atoms with Crippen molar-refractivity contribution in [2.45, 2.75) is 109 Å². The highest BCUT2D eigenvalue weighted by Gasteiger charge is 2.91. The Morgan fingerprint density at radius 2 is 1.84 bits per heavy atom. The summed E-state index contributed by atoms with van der Waals surface area (Å²) in [5.41, 5.74) is 4.34. The van der Waals surface area contributed by atoms with Crippen LogP contribution < -0.4 is 0 Å². The Kier molecular flexibility index (Phi) is 6.44. The first-order chi connectivity index (χ1) is 20.9. The molecule has 2 saturated heterocycles. The molecule has 0 bridgehead atoms. The van der Waals surface area contributed by atoms with Crippen LogP contribution in [0.1, 0.15) is 83.6 Å². The molecule has 1 aromatic rings. The number of ether oxygens (including phenoxy) is 3. The Morgan fingerprint density at radius 1 is 0.977 bits per heavy atom. The van der Waals surface area contributed by atoms with Crippen molar-refractivity contribution in [2.24, 2.45) is 45.8 Å². The molecule has 2 heterocycles. The average Bonchev–Trinajstić information content (AvgIpc) is 3.48. The molecule has 0 radical (unpaired) electrons. The standard InChI is InChI=1S/C38H53NO4/c1-25-18-33-34(39(22-25)14-15-41-16-17-42-23-26-6-4-3-5-7-26)32-21-37-24-36(37)20-31-29(30(36)11-13-38(32,37)43-33)9-8-27-19-28(40)10-12-35(27,31)2/h3-7,19,25,28-34,40H,8-18,20-24H2,1-2H3/t25-,28-,29-,30-,31-,32+,33+,34-,35-,36?,37?,38+/m0/s1. The molecule has 2 unspecified atom stereocenters. The number of piperidine rings is 1. The first-order valence-corrected chi connectivity index (χ1v) is 17.9. The highest BCUT2D eigenvalue weighted by molar-refractivity contribution is 5.41. The quantitative estimate of drug-likeness (QED) is 0.282. The molecule has 6 aliphatic carbocycles. The SMILES string of the molecule is C[C@H]1C[C@H]2O[C@@]34CC[C@H]5[C@@H]6CCC7=C[C@@H](O)CC[C@]7(C)[C@H]6CC56CC63C[C@@H]4[C@@H]2N(CCOCCOCc2ccccc2)C1. The van der Waals surface area contributed by atoms with Crippen LogP contribution in [0, 0.1) is 45.8 Å². The Bertz CT molecular complexity index is 1270. The van der Waals surface area contributed by atoms with E-state index in [2.05, 4.69) is 49.1 Å². The summed E-state index contributed by atoms with van der Waals surface area (Å²) in [5, 5.41) is 10.4. The second-order valence-corrected chi connectivity index (χ2v) is 16.6. The minimum absolute atomic E-state index is 0.156. The first kappa shape index (κ1) is 28.0. The predicted octanol–water partition coefficient (Wildman–Crippen LogP) is 6.39. The Labute approximate surface area is 258 Å². The minimum Gasteiger partial charge on any atom is -0.389 e. The molecule has 8 aliphatic rings. The van der Waals surface area contributed by atoms with Crippen molar-refractivity contribution < 1.29 is 19.3 Å². The lowest BCUT2D eigenvalue weighted by atomic mass is 9.47. The molecule has 1 aromatic carbocycles. The molecular weight excluding hydrogens is 534 g/mol. The first-order valence-electron chi connectivity index (χ1n) is 17.9. The second-order valence-electron chi connectivity index (χ2n) is 16.6. The van der Waals surface area contributed by atoms with E-state index in [9.17, 15) is 5.11 Å². The molecule has 0 amide bonds. The van der Waals surface area contributed by atoms with Crippen LogP contribution in [-0.4, -0.2) is 66.8 Å². The van der Waals surface area contributed by atoms with E-state index >= 15 is 0 Å². The van der Waals surface area contributed by atoms with Crippen LogP contribution in [0.3, 0.4) is 0 Å². The highest BCUT2D eigenvalue weighted by Crippen LogP contribution is 2.93. The molecule has 43 heavy (non-hydrogen) atoms. The molecule has 5 heteroatoms. The van der Waals surface area contributed by atoms with Gasteiger partial charge in [-0.2, -0.15) is 0 Å². The van der Waals surface area contributed by atoms with Gasteiger partial charge in [0.05, 0.1) is 44.2 Å². The maximum atomic E-state index is 10.4. The largest absolute Gasteiger partial charge is 0.389 e. The number of benzene rings is 1. The number of aliphatic hydroxyl groups is 1. The van der Waals surface area contributed by atoms with Gasteiger partial charge in [-0.15, -0.1) is 0 Å². The normalized spacial score (nSPS) is 50.6. The van der Waals surface area contributed by atoms with Gasteiger partial charge in [0.2, 0.25) is 0 Å². The fraction of sp³-hybridized carbons (Fsp3) is 0.789. The molecule has 12 atom stereocenters. The summed E-state index contributed by atoms with van der Waals surface area (Å²) in [6.07, 6.45) is 15.5. The summed E-state index contributed by atoms with van der Waals surface area (Å²) in [5.74, 6) is 4.06. The van der Waals surface area contributed by atoms with E-state index in [1.807, 2.05) is 6.07 Å².